The summed E-state index contributed by atoms with van der Waals surface area (Å²) in [6.07, 6.45) is 1.80. The van der Waals surface area contributed by atoms with Gasteiger partial charge in [0.1, 0.15) is 0 Å². The first-order valence-electron chi connectivity index (χ1n) is 6.86. The van der Waals surface area contributed by atoms with Gasteiger partial charge in [-0.05, 0) is 17.7 Å². The lowest BCUT2D eigenvalue weighted by atomic mass is 10.1. The van der Waals surface area contributed by atoms with Crippen LogP contribution in [0.25, 0.3) is 10.9 Å². The number of hydrogen-bond acceptors (Lipinski definition) is 2. The third kappa shape index (κ3) is 2.65. The minimum atomic E-state index is 0.0157. The van der Waals surface area contributed by atoms with Gasteiger partial charge in [0.15, 0.2) is 0 Å². The van der Waals surface area contributed by atoms with Crippen LogP contribution in [0.1, 0.15) is 15.9 Å². The highest BCUT2D eigenvalue weighted by molar-refractivity contribution is 5.97. The number of aromatic nitrogens is 2. The molecule has 3 aromatic rings. The van der Waals surface area contributed by atoms with E-state index in [-0.39, 0.29) is 5.91 Å². The van der Waals surface area contributed by atoms with Crippen LogP contribution in [-0.2, 0) is 13.6 Å². The summed E-state index contributed by atoms with van der Waals surface area (Å²) in [5.41, 5.74) is 2.77. The van der Waals surface area contributed by atoms with Gasteiger partial charge in [-0.1, -0.05) is 36.4 Å². The molecule has 0 aliphatic rings. The molecule has 0 aliphatic carbocycles. The molecule has 1 heterocycles. The molecule has 0 fully saturated rings. The molecular weight excluding hydrogens is 262 g/mol. The number of carbonyl (C=O) groups excluding carboxylic acids is 1. The Morgan fingerprint density at radius 3 is 2.71 bits per heavy atom. The molecule has 0 saturated carbocycles. The second kappa shape index (κ2) is 5.40. The van der Waals surface area contributed by atoms with Crippen LogP contribution >= 0.6 is 0 Å². The van der Waals surface area contributed by atoms with Crippen molar-refractivity contribution in [3.8, 4) is 0 Å². The largest absolute Gasteiger partial charge is 0.337 e. The quantitative estimate of drug-likeness (QED) is 0.739. The summed E-state index contributed by atoms with van der Waals surface area (Å²) in [6.45, 7) is 0.600. The Morgan fingerprint density at radius 2 is 1.95 bits per heavy atom. The molecule has 0 bridgehead atoms. The van der Waals surface area contributed by atoms with Crippen molar-refractivity contribution in [2.24, 2.45) is 7.05 Å². The summed E-state index contributed by atoms with van der Waals surface area (Å²) in [6, 6.07) is 15.7. The van der Waals surface area contributed by atoms with Gasteiger partial charge in [0, 0.05) is 31.6 Å². The first-order chi connectivity index (χ1) is 10.1. The Bertz CT molecular complexity index is 777. The van der Waals surface area contributed by atoms with Crippen molar-refractivity contribution in [2.75, 3.05) is 7.05 Å². The zero-order chi connectivity index (χ0) is 14.8. The maximum atomic E-state index is 12.5. The molecule has 0 atom stereocenters. The van der Waals surface area contributed by atoms with E-state index >= 15 is 0 Å². The van der Waals surface area contributed by atoms with Gasteiger partial charge in [0.2, 0.25) is 0 Å². The number of amides is 1. The number of aryl methyl sites for hydroxylation is 1. The number of fused-ring (bicyclic) bond motifs is 1. The maximum Gasteiger partial charge on any atom is 0.253 e. The number of carbonyl (C=O) groups is 1. The molecular formula is C17H17N3O. The monoisotopic (exact) mass is 279 g/mol. The van der Waals surface area contributed by atoms with Crippen molar-refractivity contribution in [1.82, 2.24) is 14.7 Å². The molecule has 4 heteroatoms. The summed E-state index contributed by atoms with van der Waals surface area (Å²) in [5.74, 6) is 0.0157. The third-order valence-electron chi connectivity index (χ3n) is 3.61. The standard InChI is InChI=1S/C17H17N3O/c1-19(12-13-6-4-3-5-7-13)17(21)14-8-9-15-11-18-20(2)16(15)10-14/h3-11H,12H2,1-2H3. The lowest BCUT2D eigenvalue weighted by molar-refractivity contribution is 0.0785. The summed E-state index contributed by atoms with van der Waals surface area (Å²) < 4.78 is 1.78. The SMILES string of the molecule is CN(Cc1ccccc1)C(=O)c1ccc2cnn(C)c2c1. The number of nitrogens with zero attached hydrogens (tertiary/aromatic N) is 3. The molecule has 4 nitrogen and oxygen atoms in total. The van der Waals surface area contributed by atoms with Crippen LogP contribution in [0.2, 0.25) is 0 Å². The van der Waals surface area contributed by atoms with E-state index in [1.807, 2.05) is 62.6 Å². The predicted molar refractivity (Wildman–Crippen MR) is 83.0 cm³/mol. The van der Waals surface area contributed by atoms with Crippen molar-refractivity contribution in [2.45, 2.75) is 6.54 Å². The van der Waals surface area contributed by atoms with E-state index in [9.17, 15) is 4.79 Å². The minimum absolute atomic E-state index is 0.0157. The van der Waals surface area contributed by atoms with E-state index in [0.29, 0.717) is 12.1 Å². The van der Waals surface area contributed by atoms with E-state index in [1.54, 1.807) is 15.8 Å². The first kappa shape index (κ1) is 13.4. The van der Waals surface area contributed by atoms with Gasteiger partial charge >= 0.3 is 0 Å². The molecule has 0 aliphatic heterocycles. The Labute approximate surface area is 123 Å². The molecule has 21 heavy (non-hydrogen) atoms. The second-order valence-electron chi connectivity index (χ2n) is 5.19. The van der Waals surface area contributed by atoms with E-state index in [0.717, 1.165) is 16.5 Å². The van der Waals surface area contributed by atoms with Crippen LogP contribution < -0.4 is 0 Å². The van der Waals surface area contributed by atoms with Crippen LogP contribution in [0.5, 0.6) is 0 Å². The molecule has 0 unspecified atom stereocenters. The Balaban J connectivity index is 1.84. The van der Waals surface area contributed by atoms with Crippen LogP contribution in [-0.4, -0.2) is 27.6 Å². The Kier molecular flexibility index (Phi) is 3.44. The molecule has 0 N–H and O–H groups in total. The molecule has 0 saturated heterocycles. The van der Waals surface area contributed by atoms with Gasteiger partial charge in [-0.2, -0.15) is 5.10 Å². The molecule has 3 rings (SSSR count). The van der Waals surface area contributed by atoms with Gasteiger partial charge in [0.25, 0.3) is 5.91 Å². The fourth-order valence-electron chi connectivity index (χ4n) is 2.43. The minimum Gasteiger partial charge on any atom is -0.337 e. The van der Waals surface area contributed by atoms with Crippen molar-refractivity contribution in [1.29, 1.82) is 0 Å². The van der Waals surface area contributed by atoms with Crippen molar-refractivity contribution < 1.29 is 4.79 Å². The van der Waals surface area contributed by atoms with Crippen molar-refractivity contribution >= 4 is 16.8 Å². The molecule has 106 valence electrons. The van der Waals surface area contributed by atoms with Crippen LogP contribution in [0.15, 0.2) is 54.7 Å². The Morgan fingerprint density at radius 1 is 1.19 bits per heavy atom. The number of hydrogen-bond donors (Lipinski definition) is 0. The molecule has 0 radical (unpaired) electrons. The topological polar surface area (TPSA) is 38.1 Å². The summed E-state index contributed by atoms with van der Waals surface area (Å²) in [7, 11) is 3.70. The summed E-state index contributed by atoms with van der Waals surface area (Å²) >= 11 is 0. The van der Waals surface area contributed by atoms with Crippen LogP contribution in [0, 0.1) is 0 Å². The second-order valence-corrected chi connectivity index (χ2v) is 5.19. The van der Waals surface area contributed by atoms with Gasteiger partial charge in [-0.15, -0.1) is 0 Å². The van der Waals surface area contributed by atoms with Gasteiger partial charge in [-0.3, -0.25) is 9.48 Å². The van der Waals surface area contributed by atoms with Gasteiger partial charge in [0.05, 0.1) is 11.7 Å². The molecule has 1 aromatic heterocycles. The highest BCUT2D eigenvalue weighted by Gasteiger charge is 2.13. The lowest BCUT2D eigenvalue weighted by Gasteiger charge is -2.17. The van der Waals surface area contributed by atoms with E-state index in [1.165, 1.54) is 0 Å². The van der Waals surface area contributed by atoms with E-state index in [2.05, 4.69) is 5.10 Å². The molecule has 2 aromatic carbocycles. The molecule has 1 amide bonds. The number of rotatable bonds is 3. The first-order valence-corrected chi connectivity index (χ1v) is 6.86. The maximum absolute atomic E-state index is 12.5. The van der Waals surface area contributed by atoms with Crippen LogP contribution in [0.4, 0.5) is 0 Å². The average molecular weight is 279 g/mol. The normalized spacial score (nSPS) is 10.8. The lowest BCUT2D eigenvalue weighted by Crippen LogP contribution is -2.26. The van der Waals surface area contributed by atoms with Crippen molar-refractivity contribution in [3.05, 3.63) is 65.9 Å². The summed E-state index contributed by atoms with van der Waals surface area (Å²) in [5, 5.41) is 5.24. The highest BCUT2D eigenvalue weighted by atomic mass is 16.2. The van der Waals surface area contributed by atoms with E-state index in [4.69, 9.17) is 0 Å². The third-order valence-corrected chi connectivity index (χ3v) is 3.61. The number of benzene rings is 2. The van der Waals surface area contributed by atoms with Crippen LogP contribution in [0.3, 0.4) is 0 Å². The van der Waals surface area contributed by atoms with Gasteiger partial charge in [-0.25, -0.2) is 0 Å². The molecule has 0 spiro atoms. The fraction of sp³-hybridized carbons (Fsp3) is 0.176. The predicted octanol–water partition coefficient (Wildman–Crippen LogP) is 2.85. The zero-order valence-corrected chi connectivity index (χ0v) is 12.2. The van der Waals surface area contributed by atoms with Gasteiger partial charge < -0.3 is 4.90 Å². The Hall–Kier alpha value is -2.62. The smallest absolute Gasteiger partial charge is 0.253 e. The van der Waals surface area contributed by atoms with Crippen molar-refractivity contribution in [3.63, 3.8) is 0 Å². The van der Waals surface area contributed by atoms with E-state index < -0.39 is 0 Å². The zero-order valence-electron chi connectivity index (χ0n) is 12.2. The average Bonchev–Trinajstić information content (AvgIpc) is 2.88. The highest BCUT2D eigenvalue weighted by Crippen LogP contribution is 2.16. The summed E-state index contributed by atoms with van der Waals surface area (Å²) in [4.78, 5) is 14.3. The fourth-order valence-corrected chi connectivity index (χ4v) is 2.43.